The Balaban J connectivity index is 1.59. The van der Waals surface area contributed by atoms with Gasteiger partial charge in [-0.3, -0.25) is 4.79 Å². The first kappa shape index (κ1) is 13.3. The third-order valence-electron chi connectivity index (χ3n) is 5.75. The highest BCUT2D eigenvalue weighted by Crippen LogP contribution is 2.55. The average Bonchev–Trinajstić information content (AvgIpc) is 3.11. The van der Waals surface area contributed by atoms with E-state index in [4.69, 9.17) is 4.74 Å². The molecule has 1 spiro atoms. The molecule has 2 saturated heterocycles. The van der Waals surface area contributed by atoms with Crippen LogP contribution in [0.4, 0.5) is 0 Å². The molecule has 1 amide bonds. The average molecular weight is 289 g/mol. The van der Waals surface area contributed by atoms with Crippen LogP contribution >= 0.6 is 0 Å². The molecular formula is C16H23N3O2. The van der Waals surface area contributed by atoms with Gasteiger partial charge in [-0.25, -0.2) is 4.98 Å². The molecule has 0 N–H and O–H groups in total. The van der Waals surface area contributed by atoms with Gasteiger partial charge >= 0.3 is 0 Å². The summed E-state index contributed by atoms with van der Waals surface area (Å²) in [7, 11) is 0. The Hall–Kier alpha value is -1.36. The van der Waals surface area contributed by atoms with E-state index in [0.29, 0.717) is 29.7 Å². The largest absolute Gasteiger partial charge is 0.379 e. The predicted molar refractivity (Wildman–Crippen MR) is 78.0 cm³/mol. The number of imidazole rings is 1. The summed E-state index contributed by atoms with van der Waals surface area (Å²) in [5.41, 5.74) is 0.919. The maximum absolute atomic E-state index is 12.8. The summed E-state index contributed by atoms with van der Waals surface area (Å²) in [4.78, 5) is 19.2. The number of likely N-dealkylation sites (tertiary alicyclic amines) is 1. The monoisotopic (exact) mass is 289 g/mol. The number of amides is 1. The number of carbonyl (C=O) groups excluding carboxylic acids is 1. The van der Waals surface area contributed by atoms with Gasteiger partial charge in [0, 0.05) is 24.7 Å². The minimum atomic E-state index is 0.0821. The molecule has 114 valence electrons. The van der Waals surface area contributed by atoms with E-state index >= 15 is 0 Å². The first-order valence-corrected chi connectivity index (χ1v) is 8.03. The molecule has 1 aromatic rings. The Morgan fingerprint density at radius 3 is 2.86 bits per heavy atom. The van der Waals surface area contributed by atoms with Crippen LogP contribution < -0.4 is 0 Å². The molecule has 2 unspecified atom stereocenters. The van der Waals surface area contributed by atoms with Gasteiger partial charge < -0.3 is 14.2 Å². The van der Waals surface area contributed by atoms with Crippen LogP contribution in [0.15, 0.2) is 12.5 Å². The lowest BCUT2D eigenvalue weighted by atomic mass is 9.62. The molecule has 1 aliphatic carbocycles. The van der Waals surface area contributed by atoms with Gasteiger partial charge in [0.05, 0.1) is 25.6 Å². The highest BCUT2D eigenvalue weighted by atomic mass is 16.5. The van der Waals surface area contributed by atoms with Gasteiger partial charge in [0.1, 0.15) is 5.69 Å². The number of ether oxygens (including phenoxy) is 1. The van der Waals surface area contributed by atoms with Crippen molar-refractivity contribution in [1.82, 2.24) is 14.5 Å². The van der Waals surface area contributed by atoms with Gasteiger partial charge in [0.15, 0.2) is 0 Å². The smallest absolute Gasteiger partial charge is 0.274 e. The van der Waals surface area contributed by atoms with Crippen molar-refractivity contribution in [3.63, 3.8) is 0 Å². The standard InChI is InChI=1S/C16H23N3O2/c1-11(2)18-6-13(17-10-18)15(20)19-9-16(4-3-5-16)12-7-21-8-14(12)19/h6,10-12,14H,3-5,7-9H2,1-2H3. The molecule has 3 fully saturated rings. The Bertz CT molecular complexity index is 562. The summed E-state index contributed by atoms with van der Waals surface area (Å²) >= 11 is 0. The third-order valence-corrected chi connectivity index (χ3v) is 5.75. The number of aromatic nitrogens is 2. The van der Waals surface area contributed by atoms with E-state index < -0.39 is 0 Å². The number of hydrogen-bond acceptors (Lipinski definition) is 3. The van der Waals surface area contributed by atoms with Crippen molar-refractivity contribution in [1.29, 1.82) is 0 Å². The van der Waals surface area contributed by atoms with Crippen molar-refractivity contribution in [2.45, 2.75) is 45.2 Å². The van der Waals surface area contributed by atoms with Gasteiger partial charge in [-0.2, -0.15) is 0 Å². The number of hydrogen-bond donors (Lipinski definition) is 0. The maximum atomic E-state index is 12.8. The zero-order valence-electron chi connectivity index (χ0n) is 12.8. The molecule has 0 aromatic carbocycles. The van der Waals surface area contributed by atoms with Crippen molar-refractivity contribution in [2.24, 2.45) is 11.3 Å². The second-order valence-corrected chi connectivity index (χ2v) is 7.16. The van der Waals surface area contributed by atoms with Crippen LogP contribution in [0.25, 0.3) is 0 Å². The van der Waals surface area contributed by atoms with E-state index in [1.54, 1.807) is 6.33 Å². The van der Waals surface area contributed by atoms with Crippen LogP contribution in [-0.4, -0.2) is 46.2 Å². The number of carbonyl (C=O) groups is 1. The van der Waals surface area contributed by atoms with E-state index in [9.17, 15) is 4.79 Å². The van der Waals surface area contributed by atoms with Crippen molar-refractivity contribution in [2.75, 3.05) is 19.8 Å². The highest BCUT2D eigenvalue weighted by Gasteiger charge is 2.58. The minimum absolute atomic E-state index is 0.0821. The normalized spacial score (nSPS) is 30.0. The van der Waals surface area contributed by atoms with Gasteiger partial charge in [0.2, 0.25) is 0 Å². The molecule has 2 aliphatic heterocycles. The molecule has 1 aromatic heterocycles. The number of fused-ring (bicyclic) bond motifs is 2. The van der Waals surface area contributed by atoms with Crippen LogP contribution in [0.1, 0.15) is 49.6 Å². The van der Waals surface area contributed by atoms with E-state index in [1.165, 1.54) is 19.3 Å². The molecule has 3 aliphatic rings. The van der Waals surface area contributed by atoms with Gasteiger partial charge in [-0.05, 0) is 32.1 Å². The summed E-state index contributed by atoms with van der Waals surface area (Å²) in [6, 6.07) is 0.597. The second-order valence-electron chi connectivity index (χ2n) is 7.16. The van der Waals surface area contributed by atoms with Gasteiger partial charge in [0.25, 0.3) is 5.91 Å². The third kappa shape index (κ3) is 1.86. The van der Waals surface area contributed by atoms with Crippen molar-refractivity contribution < 1.29 is 9.53 Å². The van der Waals surface area contributed by atoms with Gasteiger partial charge in [-0.1, -0.05) is 6.42 Å². The summed E-state index contributed by atoms with van der Waals surface area (Å²) in [6.07, 6.45) is 7.44. The van der Waals surface area contributed by atoms with E-state index in [0.717, 1.165) is 13.2 Å². The lowest BCUT2D eigenvalue weighted by Crippen LogP contribution is -2.40. The SMILES string of the molecule is CC(C)n1cnc(C(=O)N2CC3(CCC3)C3COCC32)c1. The Kier molecular flexibility index (Phi) is 2.89. The molecule has 2 atom stereocenters. The summed E-state index contributed by atoms with van der Waals surface area (Å²) in [6.45, 7) is 6.61. The first-order chi connectivity index (χ1) is 10.1. The molecular weight excluding hydrogens is 266 g/mol. The minimum Gasteiger partial charge on any atom is -0.379 e. The van der Waals surface area contributed by atoms with Crippen LogP contribution in [-0.2, 0) is 4.74 Å². The molecule has 1 saturated carbocycles. The van der Waals surface area contributed by atoms with Crippen molar-refractivity contribution in [3.8, 4) is 0 Å². The predicted octanol–water partition coefficient (Wildman–Crippen LogP) is 2.11. The van der Waals surface area contributed by atoms with Crippen LogP contribution in [0.3, 0.4) is 0 Å². The van der Waals surface area contributed by atoms with Crippen LogP contribution in [0.5, 0.6) is 0 Å². The number of rotatable bonds is 2. The molecule has 0 bridgehead atoms. The molecule has 21 heavy (non-hydrogen) atoms. The Morgan fingerprint density at radius 1 is 1.43 bits per heavy atom. The zero-order chi connectivity index (χ0) is 14.6. The quantitative estimate of drug-likeness (QED) is 0.837. The Morgan fingerprint density at radius 2 is 2.24 bits per heavy atom. The van der Waals surface area contributed by atoms with Crippen molar-refractivity contribution >= 4 is 5.91 Å². The number of nitrogens with zero attached hydrogens (tertiary/aromatic N) is 3. The van der Waals surface area contributed by atoms with E-state index in [-0.39, 0.29) is 11.9 Å². The second kappa shape index (κ2) is 4.57. The molecule has 5 heteroatoms. The lowest BCUT2D eigenvalue weighted by Gasteiger charge is -2.41. The highest BCUT2D eigenvalue weighted by molar-refractivity contribution is 5.92. The fourth-order valence-electron chi connectivity index (χ4n) is 4.27. The first-order valence-electron chi connectivity index (χ1n) is 8.03. The molecule has 0 radical (unpaired) electrons. The van der Waals surface area contributed by atoms with E-state index in [2.05, 4.69) is 18.8 Å². The summed E-state index contributed by atoms with van der Waals surface area (Å²) in [5.74, 6) is 0.626. The molecule has 3 heterocycles. The summed E-state index contributed by atoms with van der Waals surface area (Å²) < 4.78 is 7.67. The fourth-order valence-corrected chi connectivity index (χ4v) is 4.27. The fraction of sp³-hybridized carbons (Fsp3) is 0.750. The van der Waals surface area contributed by atoms with E-state index in [1.807, 2.05) is 15.7 Å². The maximum Gasteiger partial charge on any atom is 0.274 e. The molecule has 4 rings (SSSR count). The van der Waals surface area contributed by atoms with Crippen molar-refractivity contribution in [3.05, 3.63) is 18.2 Å². The van der Waals surface area contributed by atoms with Gasteiger partial charge in [-0.15, -0.1) is 0 Å². The topological polar surface area (TPSA) is 47.4 Å². The zero-order valence-corrected chi connectivity index (χ0v) is 12.8. The Labute approximate surface area is 125 Å². The van der Waals surface area contributed by atoms with Crippen LogP contribution in [0, 0.1) is 11.3 Å². The lowest BCUT2D eigenvalue weighted by molar-refractivity contribution is 0.0449. The molecule has 5 nitrogen and oxygen atoms in total. The summed E-state index contributed by atoms with van der Waals surface area (Å²) in [5, 5.41) is 0. The van der Waals surface area contributed by atoms with Crippen LogP contribution in [0.2, 0.25) is 0 Å².